The topological polar surface area (TPSA) is 46.6 Å². The Balaban J connectivity index is 2.15. The molecular weight excluding hydrogens is 353 g/mol. The molecule has 0 amide bonds. The fraction of sp³-hybridized carbons (Fsp3) is 0.100. The van der Waals surface area contributed by atoms with Crippen LogP contribution in [-0.4, -0.2) is 15.5 Å². The van der Waals surface area contributed by atoms with E-state index in [9.17, 15) is 12.8 Å². The SMILES string of the molecule is COc1ccccc1N(Cc1ccccc1F)S(=O)(=O)c1ccccc1. The summed E-state index contributed by atoms with van der Waals surface area (Å²) in [7, 11) is -2.45. The first-order valence-corrected chi connectivity index (χ1v) is 9.42. The number of rotatable bonds is 6. The van der Waals surface area contributed by atoms with Crippen LogP contribution in [0.15, 0.2) is 83.8 Å². The monoisotopic (exact) mass is 371 g/mol. The Bertz CT molecular complexity index is 991. The summed E-state index contributed by atoms with van der Waals surface area (Å²) in [6, 6.07) is 21.0. The molecule has 0 saturated carbocycles. The third-order valence-corrected chi connectivity index (χ3v) is 5.73. The summed E-state index contributed by atoms with van der Waals surface area (Å²) in [6.07, 6.45) is 0. The van der Waals surface area contributed by atoms with Crippen LogP contribution >= 0.6 is 0 Å². The molecule has 0 heterocycles. The Morgan fingerprint density at radius 3 is 2.19 bits per heavy atom. The number of anilines is 1. The summed E-state index contributed by atoms with van der Waals surface area (Å²) in [5, 5.41) is 0. The van der Waals surface area contributed by atoms with E-state index in [0.717, 1.165) is 0 Å². The summed E-state index contributed by atoms with van der Waals surface area (Å²) in [6.45, 7) is -0.149. The van der Waals surface area contributed by atoms with Gasteiger partial charge in [0.1, 0.15) is 11.6 Å². The van der Waals surface area contributed by atoms with Gasteiger partial charge in [-0.15, -0.1) is 0 Å². The predicted octanol–water partition coefficient (Wildman–Crippen LogP) is 4.23. The maximum Gasteiger partial charge on any atom is 0.264 e. The average Bonchev–Trinajstić information content (AvgIpc) is 2.68. The highest BCUT2D eigenvalue weighted by Crippen LogP contribution is 2.33. The van der Waals surface area contributed by atoms with Gasteiger partial charge in [0.2, 0.25) is 0 Å². The minimum Gasteiger partial charge on any atom is -0.495 e. The molecule has 4 nitrogen and oxygen atoms in total. The van der Waals surface area contributed by atoms with Crippen LogP contribution < -0.4 is 9.04 Å². The van der Waals surface area contributed by atoms with Gasteiger partial charge in [-0.2, -0.15) is 0 Å². The summed E-state index contributed by atoms with van der Waals surface area (Å²) >= 11 is 0. The van der Waals surface area contributed by atoms with Crippen LogP contribution in [0.2, 0.25) is 0 Å². The highest BCUT2D eigenvalue weighted by atomic mass is 32.2. The minimum atomic E-state index is -3.92. The van der Waals surface area contributed by atoms with E-state index in [4.69, 9.17) is 4.74 Å². The zero-order chi connectivity index (χ0) is 18.6. The molecule has 0 spiro atoms. The van der Waals surface area contributed by atoms with E-state index in [1.165, 1.54) is 29.6 Å². The third kappa shape index (κ3) is 3.55. The van der Waals surface area contributed by atoms with E-state index < -0.39 is 15.8 Å². The van der Waals surface area contributed by atoms with Gasteiger partial charge in [0.25, 0.3) is 10.0 Å². The molecule has 0 aromatic heterocycles. The standard InChI is InChI=1S/C20H18FNO3S/c1-25-20-14-8-7-13-19(20)22(15-16-9-5-6-12-18(16)21)26(23,24)17-10-3-2-4-11-17/h2-14H,15H2,1H3. The molecule has 0 aliphatic heterocycles. The van der Waals surface area contributed by atoms with Crippen LogP contribution in [0.3, 0.4) is 0 Å². The van der Waals surface area contributed by atoms with Crippen LogP contribution in [0.5, 0.6) is 5.75 Å². The summed E-state index contributed by atoms with van der Waals surface area (Å²) < 4.78 is 47.2. The highest BCUT2D eigenvalue weighted by molar-refractivity contribution is 7.92. The van der Waals surface area contributed by atoms with Crippen LogP contribution in [0.25, 0.3) is 0 Å². The maximum absolute atomic E-state index is 14.2. The first kappa shape index (κ1) is 17.9. The van der Waals surface area contributed by atoms with E-state index in [1.807, 2.05) is 0 Å². The van der Waals surface area contributed by atoms with Crippen molar-refractivity contribution in [3.8, 4) is 5.75 Å². The predicted molar refractivity (Wildman–Crippen MR) is 99.2 cm³/mol. The first-order valence-electron chi connectivity index (χ1n) is 7.98. The molecule has 0 atom stereocenters. The lowest BCUT2D eigenvalue weighted by atomic mass is 10.2. The average molecular weight is 371 g/mol. The molecule has 0 fully saturated rings. The van der Waals surface area contributed by atoms with Crippen LogP contribution in [0.1, 0.15) is 5.56 Å². The number of nitrogens with zero attached hydrogens (tertiary/aromatic N) is 1. The molecule has 3 rings (SSSR count). The first-order chi connectivity index (χ1) is 12.5. The van der Waals surface area contributed by atoms with Crippen molar-refractivity contribution >= 4 is 15.7 Å². The van der Waals surface area contributed by atoms with Gasteiger partial charge in [-0.3, -0.25) is 4.31 Å². The van der Waals surface area contributed by atoms with Gasteiger partial charge in [-0.05, 0) is 30.3 Å². The van der Waals surface area contributed by atoms with Gasteiger partial charge < -0.3 is 4.74 Å². The number of methoxy groups -OCH3 is 1. The van der Waals surface area contributed by atoms with Crippen LogP contribution in [0, 0.1) is 5.82 Å². The van der Waals surface area contributed by atoms with E-state index in [-0.39, 0.29) is 17.0 Å². The number of halogens is 1. The second-order valence-corrected chi connectivity index (χ2v) is 7.45. The quantitative estimate of drug-likeness (QED) is 0.651. The van der Waals surface area contributed by atoms with Crippen molar-refractivity contribution in [1.29, 1.82) is 0 Å². The Morgan fingerprint density at radius 1 is 0.885 bits per heavy atom. The van der Waals surface area contributed by atoms with Crippen molar-refractivity contribution in [3.63, 3.8) is 0 Å². The highest BCUT2D eigenvalue weighted by Gasteiger charge is 2.28. The zero-order valence-corrected chi connectivity index (χ0v) is 15.0. The van der Waals surface area contributed by atoms with E-state index >= 15 is 0 Å². The molecule has 6 heteroatoms. The van der Waals surface area contributed by atoms with Crippen molar-refractivity contribution < 1.29 is 17.5 Å². The third-order valence-electron chi connectivity index (χ3n) is 3.96. The van der Waals surface area contributed by atoms with Gasteiger partial charge in [-0.1, -0.05) is 48.5 Å². The molecule has 0 aliphatic carbocycles. The van der Waals surface area contributed by atoms with E-state index in [1.54, 1.807) is 60.7 Å². The molecule has 0 saturated heterocycles. The lowest BCUT2D eigenvalue weighted by molar-refractivity contribution is 0.415. The van der Waals surface area contributed by atoms with E-state index in [2.05, 4.69) is 0 Å². The van der Waals surface area contributed by atoms with Gasteiger partial charge in [-0.25, -0.2) is 12.8 Å². The molecular formula is C20H18FNO3S. The maximum atomic E-state index is 14.2. The number of ether oxygens (including phenoxy) is 1. The molecule has 0 radical (unpaired) electrons. The summed E-state index contributed by atoms with van der Waals surface area (Å²) in [5.41, 5.74) is 0.625. The van der Waals surface area contributed by atoms with Gasteiger partial charge in [0.15, 0.2) is 0 Å². The molecule has 0 N–H and O–H groups in total. The Labute approximate surface area is 152 Å². The van der Waals surface area contributed by atoms with Crippen LogP contribution in [-0.2, 0) is 16.6 Å². The fourth-order valence-electron chi connectivity index (χ4n) is 2.64. The van der Waals surface area contributed by atoms with E-state index in [0.29, 0.717) is 11.4 Å². The number of benzene rings is 3. The number of sulfonamides is 1. The normalized spacial score (nSPS) is 11.2. The van der Waals surface area contributed by atoms with Crippen molar-refractivity contribution in [3.05, 3.63) is 90.2 Å². The molecule has 3 aromatic carbocycles. The Hall–Kier alpha value is -2.86. The molecule has 3 aromatic rings. The molecule has 26 heavy (non-hydrogen) atoms. The van der Waals surface area contributed by atoms with Gasteiger partial charge >= 0.3 is 0 Å². The van der Waals surface area contributed by atoms with Crippen molar-refractivity contribution in [2.24, 2.45) is 0 Å². The number of para-hydroxylation sites is 2. The van der Waals surface area contributed by atoms with Gasteiger partial charge in [0.05, 0.1) is 24.2 Å². The van der Waals surface area contributed by atoms with Crippen molar-refractivity contribution in [1.82, 2.24) is 0 Å². The molecule has 0 aliphatic rings. The van der Waals surface area contributed by atoms with Crippen LogP contribution in [0.4, 0.5) is 10.1 Å². The number of hydrogen-bond donors (Lipinski definition) is 0. The van der Waals surface area contributed by atoms with Crippen molar-refractivity contribution in [2.45, 2.75) is 11.4 Å². The zero-order valence-electron chi connectivity index (χ0n) is 14.2. The molecule has 0 unspecified atom stereocenters. The summed E-state index contributed by atoms with van der Waals surface area (Å²) in [5.74, 6) is -0.0704. The Morgan fingerprint density at radius 2 is 1.50 bits per heavy atom. The summed E-state index contributed by atoms with van der Waals surface area (Å²) in [4.78, 5) is 0.127. The molecule has 134 valence electrons. The second-order valence-electron chi connectivity index (χ2n) is 5.59. The smallest absolute Gasteiger partial charge is 0.264 e. The largest absolute Gasteiger partial charge is 0.495 e. The lowest BCUT2D eigenvalue weighted by Crippen LogP contribution is -2.31. The second kappa shape index (κ2) is 7.58. The molecule has 0 bridgehead atoms. The van der Waals surface area contributed by atoms with Gasteiger partial charge in [0, 0.05) is 5.56 Å². The van der Waals surface area contributed by atoms with Crippen molar-refractivity contribution in [2.75, 3.05) is 11.4 Å². The number of hydrogen-bond acceptors (Lipinski definition) is 3. The fourth-order valence-corrected chi connectivity index (χ4v) is 4.11. The Kier molecular flexibility index (Phi) is 5.23. The lowest BCUT2D eigenvalue weighted by Gasteiger charge is -2.26. The minimum absolute atomic E-state index is 0.127.